The molecule has 1 aliphatic heterocycles. The van der Waals surface area contributed by atoms with Gasteiger partial charge in [0.25, 0.3) is 0 Å². The third-order valence-corrected chi connectivity index (χ3v) is 2.60. The first-order valence-corrected chi connectivity index (χ1v) is 4.86. The fourth-order valence-electron chi connectivity index (χ4n) is 1.71. The third kappa shape index (κ3) is 1.50. The van der Waals surface area contributed by atoms with Gasteiger partial charge in [0, 0.05) is 7.05 Å². The minimum Gasteiger partial charge on any atom is -0.452 e. The van der Waals surface area contributed by atoms with Crippen LogP contribution in [0.3, 0.4) is 0 Å². The van der Waals surface area contributed by atoms with Crippen molar-refractivity contribution in [1.82, 2.24) is 0 Å². The van der Waals surface area contributed by atoms with E-state index in [1.165, 1.54) is 16.9 Å². The summed E-state index contributed by atoms with van der Waals surface area (Å²) in [4.78, 5) is 26.0. The second-order valence-electron chi connectivity index (χ2n) is 3.50. The van der Waals surface area contributed by atoms with E-state index in [0.29, 0.717) is 11.4 Å². The maximum absolute atomic E-state index is 11.7. The highest BCUT2D eigenvalue weighted by atomic mass is 16.5. The Morgan fingerprint density at radius 3 is 2.56 bits per heavy atom. The molecular weight excluding hydrogens is 208 g/mol. The van der Waals surface area contributed by atoms with Crippen molar-refractivity contribution in [3.8, 4) is 0 Å². The van der Waals surface area contributed by atoms with Crippen LogP contribution in [0.2, 0.25) is 0 Å². The SMILES string of the molecule is COC(=O)N1CC(=O)N(C)c2ccccc21. The van der Waals surface area contributed by atoms with E-state index in [-0.39, 0.29) is 12.5 Å². The zero-order valence-corrected chi connectivity index (χ0v) is 9.14. The minimum absolute atomic E-state index is 0.0141. The highest BCUT2D eigenvalue weighted by Crippen LogP contribution is 2.32. The molecule has 0 fully saturated rings. The predicted octanol–water partition coefficient (Wildman–Crippen LogP) is 1.24. The molecule has 1 heterocycles. The van der Waals surface area contributed by atoms with Gasteiger partial charge in [-0.15, -0.1) is 0 Å². The number of fused-ring (bicyclic) bond motifs is 1. The van der Waals surface area contributed by atoms with Crippen molar-refractivity contribution in [3.05, 3.63) is 24.3 Å². The molecule has 1 aliphatic rings. The number of carbonyl (C=O) groups excluding carboxylic acids is 2. The Labute approximate surface area is 93.2 Å². The van der Waals surface area contributed by atoms with Gasteiger partial charge in [0.05, 0.1) is 18.5 Å². The summed E-state index contributed by atoms with van der Waals surface area (Å²) in [6.07, 6.45) is -0.520. The summed E-state index contributed by atoms with van der Waals surface area (Å²) in [6, 6.07) is 7.22. The quantitative estimate of drug-likeness (QED) is 0.660. The summed E-state index contributed by atoms with van der Waals surface area (Å²) in [5, 5.41) is 0. The fourth-order valence-corrected chi connectivity index (χ4v) is 1.71. The van der Waals surface area contributed by atoms with Gasteiger partial charge in [0.1, 0.15) is 6.54 Å². The van der Waals surface area contributed by atoms with Crippen molar-refractivity contribution in [3.63, 3.8) is 0 Å². The first kappa shape index (κ1) is 10.5. The number of nitrogens with zero attached hydrogens (tertiary/aromatic N) is 2. The number of benzene rings is 1. The molecule has 0 saturated carbocycles. The van der Waals surface area contributed by atoms with Gasteiger partial charge in [0.2, 0.25) is 5.91 Å². The third-order valence-electron chi connectivity index (χ3n) is 2.60. The van der Waals surface area contributed by atoms with Crippen molar-refractivity contribution >= 4 is 23.4 Å². The summed E-state index contributed by atoms with van der Waals surface area (Å²) in [5.41, 5.74) is 1.40. The van der Waals surface area contributed by atoms with Crippen LogP contribution in [0, 0.1) is 0 Å². The highest BCUT2D eigenvalue weighted by molar-refractivity contribution is 6.09. The predicted molar refractivity (Wildman–Crippen MR) is 59.6 cm³/mol. The number of methoxy groups -OCH3 is 1. The van der Waals surface area contributed by atoms with Gasteiger partial charge in [-0.3, -0.25) is 9.69 Å². The number of amides is 2. The lowest BCUT2D eigenvalue weighted by atomic mass is 10.2. The minimum atomic E-state index is -0.520. The Bertz CT molecular complexity index is 445. The lowest BCUT2D eigenvalue weighted by Gasteiger charge is -2.32. The molecule has 0 aromatic heterocycles. The van der Waals surface area contributed by atoms with E-state index in [2.05, 4.69) is 4.74 Å². The maximum Gasteiger partial charge on any atom is 0.414 e. The zero-order valence-electron chi connectivity index (χ0n) is 9.14. The van der Waals surface area contributed by atoms with Gasteiger partial charge in [-0.1, -0.05) is 12.1 Å². The van der Waals surface area contributed by atoms with Crippen LogP contribution in [0.1, 0.15) is 0 Å². The van der Waals surface area contributed by atoms with Crippen LogP contribution in [0.25, 0.3) is 0 Å². The van der Waals surface area contributed by atoms with Crippen molar-refractivity contribution < 1.29 is 14.3 Å². The van der Waals surface area contributed by atoms with Gasteiger partial charge in [-0.2, -0.15) is 0 Å². The van der Waals surface area contributed by atoms with Crippen LogP contribution in [0.15, 0.2) is 24.3 Å². The molecule has 84 valence electrons. The van der Waals surface area contributed by atoms with Crippen LogP contribution in [0.5, 0.6) is 0 Å². The number of likely N-dealkylation sites (N-methyl/N-ethyl adjacent to an activating group) is 1. The average Bonchev–Trinajstić information content (AvgIpc) is 2.33. The second kappa shape index (κ2) is 3.84. The first-order chi connectivity index (χ1) is 7.65. The van der Waals surface area contributed by atoms with Gasteiger partial charge in [-0.25, -0.2) is 4.79 Å². The number of hydrogen-bond acceptors (Lipinski definition) is 3. The molecule has 0 saturated heterocycles. The van der Waals surface area contributed by atoms with Gasteiger partial charge in [-0.05, 0) is 12.1 Å². The summed E-state index contributed by atoms with van der Waals surface area (Å²) >= 11 is 0. The summed E-state index contributed by atoms with van der Waals surface area (Å²) < 4.78 is 4.65. The van der Waals surface area contributed by atoms with Crippen LogP contribution >= 0.6 is 0 Å². The molecule has 5 heteroatoms. The van der Waals surface area contributed by atoms with Crippen molar-refractivity contribution in [2.45, 2.75) is 0 Å². The summed E-state index contributed by atoms with van der Waals surface area (Å²) in [6.45, 7) is 0.0141. The molecule has 0 atom stereocenters. The van der Waals surface area contributed by atoms with Crippen LogP contribution < -0.4 is 9.80 Å². The van der Waals surface area contributed by atoms with Crippen LogP contribution in [-0.2, 0) is 9.53 Å². The Morgan fingerprint density at radius 2 is 1.94 bits per heavy atom. The molecule has 2 rings (SSSR count). The Hall–Kier alpha value is -2.04. The molecule has 5 nitrogen and oxygen atoms in total. The van der Waals surface area contributed by atoms with Gasteiger partial charge in [0.15, 0.2) is 0 Å². The van der Waals surface area contributed by atoms with Crippen molar-refractivity contribution in [2.75, 3.05) is 30.5 Å². The summed E-state index contributed by atoms with van der Waals surface area (Å²) in [5.74, 6) is -0.135. The monoisotopic (exact) mass is 220 g/mol. The smallest absolute Gasteiger partial charge is 0.414 e. The van der Waals surface area contributed by atoms with E-state index in [1.807, 2.05) is 12.1 Å². The molecule has 0 N–H and O–H groups in total. The largest absolute Gasteiger partial charge is 0.452 e. The highest BCUT2D eigenvalue weighted by Gasteiger charge is 2.30. The lowest BCUT2D eigenvalue weighted by Crippen LogP contribution is -2.46. The molecule has 16 heavy (non-hydrogen) atoms. The van der Waals surface area contributed by atoms with E-state index in [9.17, 15) is 9.59 Å². The number of hydrogen-bond donors (Lipinski definition) is 0. The maximum atomic E-state index is 11.7. The standard InChI is InChI=1S/C11H12N2O3/c1-12-8-5-3-4-6-9(8)13(7-10(12)14)11(15)16-2/h3-6H,7H2,1-2H3. The van der Waals surface area contributed by atoms with E-state index in [4.69, 9.17) is 0 Å². The number of para-hydroxylation sites is 2. The lowest BCUT2D eigenvalue weighted by molar-refractivity contribution is -0.117. The van der Waals surface area contributed by atoms with E-state index >= 15 is 0 Å². The normalized spacial score (nSPS) is 14.8. The first-order valence-electron chi connectivity index (χ1n) is 4.86. The average molecular weight is 220 g/mol. The van der Waals surface area contributed by atoms with Crippen molar-refractivity contribution in [2.24, 2.45) is 0 Å². The Morgan fingerprint density at radius 1 is 1.31 bits per heavy atom. The fraction of sp³-hybridized carbons (Fsp3) is 0.273. The molecule has 0 unspecified atom stereocenters. The van der Waals surface area contributed by atoms with E-state index < -0.39 is 6.09 Å². The Kier molecular flexibility index (Phi) is 2.52. The van der Waals surface area contributed by atoms with Gasteiger partial charge >= 0.3 is 6.09 Å². The number of rotatable bonds is 0. The molecule has 0 bridgehead atoms. The summed E-state index contributed by atoms with van der Waals surface area (Å²) in [7, 11) is 2.99. The Balaban J connectivity index is 2.49. The second-order valence-corrected chi connectivity index (χ2v) is 3.50. The molecule has 1 aromatic carbocycles. The van der Waals surface area contributed by atoms with Crippen LogP contribution in [0.4, 0.5) is 16.2 Å². The van der Waals surface area contributed by atoms with Crippen molar-refractivity contribution in [1.29, 1.82) is 0 Å². The molecule has 0 spiro atoms. The molecular formula is C11H12N2O3. The van der Waals surface area contributed by atoms with Crippen LogP contribution in [-0.4, -0.2) is 32.7 Å². The molecule has 1 aromatic rings. The topological polar surface area (TPSA) is 49.9 Å². The molecule has 0 radical (unpaired) electrons. The molecule has 2 amide bonds. The van der Waals surface area contributed by atoms with E-state index in [1.54, 1.807) is 19.2 Å². The molecule has 0 aliphatic carbocycles. The number of ether oxygens (including phenoxy) is 1. The number of carbonyl (C=O) groups is 2. The number of anilines is 2. The van der Waals surface area contributed by atoms with E-state index in [0.717, 1.165) is 0 Å². The van der Waals surface area contributed by atoms with Gasteiger partial charge < -0.3 is 9.64 Å². The zero-order chi connectivity index (χ0) is 11.7.